The van der Waals surface area contributed by atoms with Crippen LogP contribution in [0.15, 0.2) is 54.7 Å². The van der Waals surface area contributed by atoms with E-state index in [1.165, 1.54) is 17.4 Å². The van der Waals surface area contributed by atoms with Crippen LogP contribution in [0.25, 0.3) is 16.8 Å². The van der Waals surface area contributed by atoms with Crippen LogP contribution in [0.2, 0.25) is 0 Å². The van der Waals surface area contributed by atoms with E-state index < -0.39 is 0 Å². The molecule has 3 aromatic rings. The lowest BCUT2D eigenvalue weighted by atomic mass is 10.2. The Bertz CT molecular complexity index is 995. The summed E-state index contributed by atoms with van der Waals surface area (Å²) in [6.45, 7) is 3.90. The van der Waals surface area contributed by atoms with Gasteiger partial charge in [-0.05, 0) is 49.8 Å². The number of pyridine rings is 1. The molecule has 0 radical (unpaired) electrons. The smallest absolute Gasteiger partial charge is 0.330 e. The molecule has 3 rings (SSSR count). The van der Waals surface area contributed by atoms with Gasteiger partial charge in [-0.15, -0.1) is 11.3 Å². The Morgan fingerprint density at radius 1 is 1.18 bits per heavy atom. The zero-order valence-corrected chi connectivity index (χ0v) is 16.3. The van der Waals surface area contributed by atoms with Gasteiger partial charge in [-0.1, -0.05) is 18.2 Å². The van der Waals surface area contributed by atoms with Gasteiger partial charge in [-0.25, -0.2) is 9.78 Å². The molecule has 1 aromatic carbocycles. The summed E-state index contributed by atoms with van der Waals surface area (Å²) in [5, 5.41) is 3.58. The maximum absolute atomic E-state index is 12.6. The summed E-state index contributed by atoms with van der Waals surface area (Å²) in [4.78, 5) is 33.2. The Hall–Kier alpha value is -3.32. The fourth-order valence-corrected chi connectivity index (χ4v) is 3.36. The van der Waals surface area contributed by atoms with E-state index >= 15 is 0 Å². The first-order chi connectivity index (χ1) is 13.6. The second-order valence-corrected chi connectivity index (χ2v) is 6.81. The normalized spacial score (nSPS) is 10.8. The third kappa shape index (κ3) is 4.89. The van der Waals surface area contributed by atoms with Crippen LogP contribution in [0, 0.1) is 6.92 Å². The molecule has 0 aliphatic rings. The van der Waals surface area contributed by atoms with Gasteiger partial charge >= 0.3 is 5.97 Å². The molecule has 0 saturated carbocycles. The van der Waals surface area contributed by atoms with E-state index in [0.29, 0.717) is 27.9 Å². The van der Waals surface area contributed by atoms with Crippen LogP contribution < -0.4 is 5.32 Å². The molecule has 0 saturated heterocycles. The molecule has 1 N–H and O–H groups in total. The molecule has 0 fully saturated rings. The minimum atomic E-state index is -0.385. The third-order valence-electron chi connectivity index (χ3n) is 3.75. The van der Waals surface area contributed by atoms with Gasteiger partial charge in [0, 0.05) is 18.0 Å². The Morgan fingerprint density at radius 2 is 1.96 bits per heavy atom. The van der Waals surface area contributed by atoms with Crippen molar-refractivity contribution in [1.82, 2.24) is 9.97 Å². The highest BCUT2D eigenvalue weighted by Crippen LogP contribution is 2.27. The molecule has 142 valence electrons. The highest BCUT2D eigenvalue weighted by Gasteiger charge is 2.16. The lowest BCUT2D eigenvalue weighted by molar-refractivity contribution is -0.137. The third-order valence-corrected chi connectivity index (χ3v) is 4.93. The molecule has 1 amide bonds. The largest absolute Gasteiger partial charge is 0.463 e. The SMILES string of the molecule is CCOC(=O)/C=C/c1ccc(NC(=O)c2sc(-c3ccccn3)nc2C)cc1. The topological polar surface area (TPSA) is 81.2 Å². The molecule has 0 bridgehead atoms. The van der Waals surface area contributed by atoms with E-state index in [-0.39, 0.29) is 11.9 Å². The van der Waals surface area contributed by atoms with Crippen molar-refractivity contribution in [2.24, 2.45) is 0 Å². The zero-order chi connectivity index (χ0) is 19.9. The predicted molar refractivity (Wildman–Crippen MR) is 110 cm³/mol. The van der Waals surface area contributed by atoms with Crippen LogP contribution in [-0.2, 0) is 9.53 Å². The predicted octanol–water partition coefficient (Wildman–Crippen LogP) is 4.34. The van der Waals surface area contributed by atoms with E-state index in [0.717, 1.165) is 11.3 Å². The Kier molecular flexibility index (Phi) is 6.29. The van der Waals surface area contributed by atoms with Crippen LogP contribution in [0.3, 0.4) is 0 Å². The van der Waals surface area contributed by atoms with Crippen LogP contribution in [0.4, 0.5) is 5.69 Å². The Labute approximate surface area is 166 Å². The second kappa shape index (κ2) is 9.05. The molecule has 0 atom stereocenters. The molecular weight excluding hydrogens is 374 g/mol. The van der Waals surface area contributed by atoms with E-state index in [4.69, 9.17) is 4.74 Å². The number of carbonyl (C=O) groups excluding carboxylic acids is 2. The Balaban J connectivity index is 1.68. The number of ether oxygens (including phenoxy) is 1. The molecule has 0 aliphatic carbocycles. The number of aromatic nitrogens is 2. The maximum Gasteiger partial charge on any atom is 0.330 e. The number of nitrogens with zero attached hydrogens (tertiary/aromatic N) is 2. The van der Waals surface area contributed by atoms with Crippen LogP contribution >= 0.6 is 11.3 Å². The van der Waals surface area contributed by atoms with E-state index in [1.807, 2.05) is 30.3 Å². The van der Waals surface area contributed by atoms with E-state index in [2.05, 4.69) is 15.3 Å². The van der Waals surface area contributed by atoms with Gasteiger partial charge < -0.3 is 10.1 Å². The van der Waals surface area contributed by atoms with Gasteiger partial charge in [0.05, 0.1) is 18.0 Å². The molecule has 6 nitrogen and oxygen atoms in total. The summed E-state index contributed by atoms with van der Waals surface area (Å²) < 4.78 is 4.84. The number of hydrogen-bond acceptors (Lipinski definition) is 6. The molecule has 0 spiro atoms. The van der Waals surface area contributed by atoms with E-state index in [1.54, 1.807) is 38.3 Å². The summed E-state index contributed by atoms with van der Waals surface area (Å²) in [6, 6.07) is 12.8. The van der Waals surface area contributed by atoms with Gasteiger partial charge in [0.2, 0.25) is 0 Å². The van der Waals surface area contributed by atoms with Gasteiger partial charge in [-0.2, -0.15) is 0 Å². The van der Waals surface area contributed by atoms with Crippen molar-refractivity contribution in [2.75, 3.05) is 11.9 Å². The minimum absolute atomic E-state index is 0.216. The minimum Gasteiger partial charge on any atom is -0.463 e. The number of nitrogens with one attached hydrogen (secondary N) is 1. The number of rotatable bonds is 6. The highest BCUT2D eigenvalue weighted by atomic mass is 32.1. The van der Waals surface area contributed by atoms with Crippen LogP contribution in [-0.4, -0.2) is 28.5 Å². The number of amides is 1. The summed E-state index contributed by atoms with van der Waals surface area (Å²) in [5.41, 5.74) is 2.90. The van der Waals surface area contributed by atoms with Gasteiger partial charge in [0.15, 0.2) is 0 Å². The fourth-order valence-electron chi connectivity index (χ4n) is 2.43. The maximum atomic E-state index is 12.6. The number of benzene rings is 1. The van der Waals surface area contributed by atoms with Crippen LogP contribution in [0.5, 0.6) is 0 Å². The molecule has 2 aromatic heterocycles. The summed E-state index contributed by atoms with van der Waals surface area (Å²) >= 11 is 1.31. The first-order valence-electron chi connectivity index (χ1n) is 8.72. The number of thiazole rings is 1. The number of esters is 1. The van der Waals surface area contributed by atoms with Gasteiger partial charge in [0.25, 0.3) is 5.91 Å². The zero-order valence-electron chi connectivity index (χ0n) is 15.5. The van der Waals surface area contributed by atoms with Crippen molar-refractivity contribution >= 4 is 35.0 Å². The molecule has 7 heteroatoms. The second-order valence-electron chi connectivity index (χ2n) is 5.81. The van der Waals surface area contributed by atoms with Crippen molar-refractivity contribution in [1.29, 1.82) is 0 Å². The lowest BCUT2D eigenvalue weighted by Gasteiger charge is -2.04. The lowest BCUT2D eigenvalue weighted by Crippen LogP contribution is -2.11. The highest BCUT2D eigenvalue weighted by molar-refractivity contribution is 7.17. The van der Waals surface area contributed by atoms with Crippen LogP contribution in [0.1, 0.15) is 27.9 Å². The molecular formula is C21H19N3O3S. The average molecular weight is 393 g/mol. The first kappa shape index (κ1) is 19.4. The number of aryl methyl sites for hydroxylation is 1. The summed E-state index contributed by atoms with van der Waals surface area (Å²) in [6.07, 6.45) is 4.73. The van der Waals surface area contributed by atoms with Gasteiger partial charge in [0.1, 0.15) is 9.88 Å². The fraction of sp³-hybridized carbons (Fsp3) is 0.143. The van der Waals surface area contributed by atoms with Crippen molar-refractivity contribution < 1.29 is 14.3 Å². The monoisotopic (exact) mass is 393 g/mol. The van der Waals surface area contributed by atoms with Gasteiger partial charge in [-0.3, -0.25) is 9.78 Å². The number of hydrogen-bond donors (Lipinski definition) is 1. The first-order valence-corrected chi connectivity index (χ1v) is 9.53. The summed E-state index contributed by atoms with van der Waals surface area (Å²) in [7, 11) is 0. The van der Waals surface area contributed by atoms with Crippen molar-refractivity contribution in [3.8, 4) is 10.7 Å². The molecule has 0 unspecified atom stereocenters. The molecule has 0 aliphatic heterocycles. The average Bonchev–Trinajstić information content (AvgIpc) is 3.10. The summed E-state index contributed by atoms with van der Waals surface area (Å²) in [5.74, 6) is -0.601. The quantitative estimate of drug-likeness (QED) is 0.498. The molecule has 28 heavy (non-hydrogen) atoms. The Morgan fingerprint density at radius 3 is 2.64 bits per heavy atom. The number of carbonyl (C=O) groups is 2. The number of anilines is 1. The van der Waals surface area contributed by atoms with E-state index in [9.17, 15) is 9.59 Å². The van der Waals surface area contributed by atoms with Crippen molar-refractivity contribution in [3.05, 3.63) is 70.9 Å². The van der Waals surface area contributed by atoms with Crippen molar-refractivity contribution in [3.63, 3.8) is 0 Å². The standard InChI is InChI=1S/C21H19N3O3S/c1-3-27-18(25)12-9-15-7-10-16(11-8-15)24-20(26)19-14(2)23-21(28-19)17-6-4-5-13-22-17/h4-13H,3H2,1-2H3,(H,24,26)/b12-9+. The van der Waals surface area contributed by atoms with Crippen molar-refractivity contribution in [2.45, 2.75) is 13.8 Å². The molecule has 2 heterocycles.